The fourth-order valence-electron chi connectivity index (χ4n) is 3.12. The number of ether oxygens (including phenoxy) is 2. The van der Waals surface area contributed by atoms with Crippen LogP contribution in [0.3, 0.4) is 0 Å². The third-order valence-electron chi connectivity index (χ3n) is 4.68. The van der Waals surface area contributed by atoms with Gasteiger partial charge in [-0.1, -0.05) is 6.07 Å². The highest BCUT2D eigenvalue weighted by molar-refractivity contribution is 5.88. The van der Waals surface area contributed by atoms with Crippen molar-refractivity contribution in [2.24, 2.45) is 0 Å². The van der Waals surface area contributed by atoms with Crippen molar-refractivity contribution in [3.63, 3.8) is 0 Å². The molecule has 0 atom stereocenters. The summed E-state index contributed by atoms with van der Waals surface area (Å²) in [6.07, 6.45) is 1.33. The predicted octanol–water partition coefficient (Wildman–Crippen LogP) is 3.24. The van der Waals surface area contributed by atoms with E-state index in [2.05, 4.69) is 15.6 Å². The number of benzene rings is 1. The van der Waals surface area contributed by atoms with Gasteiger partial charge in [0, 0.05) is 18.3 Å². The summed E-state index contributed by atoms with van der Waals surface area (Å²) in [5, 5.41) is 15.7. The third-order valence-corrected chi connectivity index (χ3v) is 4.68. The lowest BCUT2D eigenvalue weighted by molar-refractivity contribution is 0.186. The van der Waals surface area contributed by atoms with Gasteiger partial charge in [-0.25, -0.2) is 9.78 Å². The van der Waals surface area contributed by atoms with Crippen molar-refractivity contribution in [3.05, 3.63) is 53.0 Å². The number of fused-ring (bicyclic) bond motifs is 1. The highest BCUT2D eigenvalue weighted by atomic mass is 16.5. The van der Waals surface area contributed by atoms with Crippen molar-refractivity contribution < 1.29 is 19.4 Å². The minimum Gasteiger partial charge on any atom is -0.495 e. The van der Waals surface area contributed by atoms with Crippen LogP contribution < -0.4 is 15.4 Å². The molecule has 0 aliphatic carbocycles. The zero-order valence-corrected chi connectivity index (χ0v) is 16.4. The van der Waals surface area contributed by atoms with Crippen molar-refractivity contribution in [1.29, 1.82) is 0 Å². The van der Waals surface area contributed by atoms with E-state index in [0.29, 0.717) is 18.0 Å². The highest BCUT2D eigenvalue weighted by Crippen LogP contribution is 2.32. The molecule has 0 saturated heterocycles. The van der Waals surface area contributed by atoms with Gasteiger partial charge in [-0.15, -0.1) is 0 Å². The zero-order valence-electron chi connectivity index (χ0n) is 16.4. The SMILES string of the molecule is COC(=O)Nc1c(OC)ccc(C)c1CNc1ccc2nc(C)c(CO)n2c1. The Balaban J connectivity index is 1.91. The third kappa shape index (κ3) is 3.72. The molecule has 0 aliphatic rings. The second-order valence-electron chi connectivity index (χ2n) is 6.36. The number of nitrogens with zero attached hydrogens (tertiary/aromatic N) is 2. The Kier molecular flexibility index (Phi) is 5.70. The predicted molar refractivity (Wildman–Crippen MR) is 107 cm³/mol. The van der Waals surface area contributed by atoms with Crippen LogP contribution in [0.15, 0.2) is 30.5 Å². The van der Waals surface area contributed by atoms with Gasteiger partial charge in [0.1, 0.15) is 11.4 Å². The number of imidazole rings is 1. The Morgan fingerprint density at radius 3 is 2.68 bits per heavy atom. The molecule has 8 nitrogen and oxygen atoms in total. The number of pyridine rings is 1. The van der Waals surface area contributed by atoms with Gasteiger partial charge in [-0.2, -0.15) is 0 Å². The molecule has 0 fully saturated rings. The molecule has 3 rings (SSSR count). The highest BCUT2D eigenvalue weighted by Gasteiger charge is 2.15. The Hall–Kier alpha value is -3.26. The summed E-state index contributed by atoms with van der Waals surface area (Å²) >= 11 is 0. The number of methoxy groups -OCH3 is 2. The van der Waals surface area contributed by atoms with Crippen LogP contribution in [-0.4, -0.2) is 34.8 Å². The first-order valence-electron chi connectivity index (χ1n) is 8.82. The van der Waals surface area contributed by atoms with E-state index < -0.39 is 6.09 Å². The Morgan fingerprint density at radius 1 is 1.21 bits per heavy atom. The van der Waals surface area contributed by atoms with Gasteiger partial charge in [0.05, 0.1) is 43.6 Å². The molecular formula is C20H24N4O4. The van der Waals surface area contributed by atoms with Crippen molar-refractivity contribution in [2.75, 3.05) is 24.9 Å². The standard InChI is InChI=1S/C20H24N4O4/c1-12-5-7-17(27-3)19(23-20(26)28-4)15(12)9-21-14-6-8-18-22-13(2)16(11-25)24(18)10-14/h5-8,10,21,25H,9,11H2,1-4H3,(H,23,26). The molecule has 148 valence electrons. The smallest absolute Gasteiger partial charge is 0.411 e. The fraction of sp³-hybridized carbons (Fsp3) is 0.300. The Morgan fingerprint density at radius 2 is 2.00 bits per heavy atom. The molecular weight excluding hydrogens is 360 g/mol. The van der Waals surface area contributed by atoms with Crippen LogP contribution in [0.5, 0.6) is 5.75 Å². The van der Waals surface area contributed by atoms with Crippen LogP contribution in [0, 0.1) is 13.8 Å². The topological polar surface area (TPSA) is 97.1 Å². The number of amides is 1. The van der Waals surface area contributed by atoms with Crippen molar-refractivity contribution in [2.45, 2.75) is 27.0 Å². The van der Waals surface area contributed by atoms with Crippen LogP contribution in [0.25, 0.3) is 5.65 Å². The molecule has 0 saturated carbocycles. The molecule has 0 aliphatic heterocycles. The van der Waals surface area contributed by atoms with Crippen LogP contribution >= 0.6 is 0 Å². The van der Waals surface area contributed by atoms with Crippen LogP contribution in [0.2, 0.25) is 0 Å². The van der Waals surface area contributed by atoms with Crippen molar-refractivity contribution >= 4 is 23.1 Å². The number of nitrogens with one attached hydrogen (secondary N) is 2. The number of aryl methyl sites for hydroxylation is 2. The lowest BCUT2D eigenvalue weighted by atomic mass is 10.1. The summed E-state index contributed by atoms with van der Waals surface area (Å²) in [7, 11) is 2.87. The summed E-state index contributed by atoms with van der Waals surface area (Å²) in [6, 6.07) is 7.55. The number of carbonyl (C=O) groups excluding carboxylic acids is 1. The van der Waals surface area contributed by atoms with Gasteiger partial charge >= 0.3 is 6.09 Å². The van der Waals surface area contributed by atoms with E-state index in [1.807, 2.05) is 42.6 Å². The maximum absolute atomic E-state index is 11.8. The number of rotatable bonds is 6. The second-order valence-corrected chi connectivity index (χ2v) is 6.36. The van der Waals surface area contributed by atoms with Gasteiger partial charge in [0.25, 0.3) is 0 Å². The Bertz CT molecular complexity index is 1010. The van der Waals surface area contributed by atoms with E-state index in [-0.39, 0.29) is 6.61 Å². The molecule has 2 aromatic heterocycles. The molecule has 0 radical (unpaired) electrons. The first-order chi connectivity index (χ1) is 13.5. The zero-order chi connectivity index (χ0) is 20.3. The Labute approximate surface area is 163 Å². The summed E-state index contributed by atoms with van der Waals surface area (Å²) in [4.78, 5) is 16.2. The maximum atomic E-state index is 11.8. The number of hydrogen-bond acceptors (Lipinski definition) is 6. The average molecular weight is 384 g/mol. The lowest BCUT2D eigenvalue weighted by Crippen LogP contribution is -2.15. The minimum atomic E-state index is -0.562. The van der Waals surface area contributed by atoms with E-state index in [1.54, 1.807) is 13.2 Å². The lowest BCUT2D eigenvalue weighted by Gasteiger charge is -2.18. The van der Waals surface area contributed by atoms with Gasteiger partial charge in [0.2, 0.25) is 0 Å². The molecule has 28 heavy (non-hydrogen) atoms. The molecule has 3 aromatic rings. The van der Waals surface area contributed by atoms with Crippen molar-refractivity contribution in [1.82, 2.24) is 9.38 Å². The van der Waals surface area contributed by atoms with E-state index in [1.165, 1.54) is 7.11 Å². The van der Waals surface area contributed by atoms with Crippen LogP contribution in [0.4, 0.5) is 16.2 Å². The van der Waals surface area contributed by atoms with E-state index in [0.717, 1.165) is 33.8 Å². The molecule has 8 heteroatoms. The van der Waals surface area contributed by atoms with Gasteiger partial charge < -0.3 is 19.9 Å². The summed E-state index contributed by atoms with van der Waals surface area (Å²) in [6.45, 7) is 4.20. The minimum absolute atomic E-state index is 0.0847. The first kappa shape index (κ1) is 19.5. The quantitative estimate of drug-likeness (QED) is 0.604. The number of hydrogen-bond donors (Lipinski definition) is 3. The molecule has 0 unspecified atom stereocenters. The average Bonchev–Trinajstić information content (AvgIpc) is 3.01. The van der Waals surface area contributed by atoms with E-state index in [4.69, 9.17) is 9.47 Å². The first-order valence-corrected chi connectivity index (χ1v) is 8.82. The number of aliphatic hydroxyl groups is 1. The normalized spacial score (nSPS) is 10.8. The number of aliphatic hydroxyl groups excluding tert-OH is 1. The molecule has 2 heterocycles. The summed E-state index contributed by atoms with van der Waals surface area (Å²) in [5.74, 6) is 0.552. The van der Waals surface area contributed by atoms with Crippen LogP contribution in [0.1, 0.15) is 22.5 Å². The second kappa shape index (κ2) is 8.18. The molecule has 1 aromatic carbocycles. The van der Waals surface area contributed by atoms with Crippen LogP contribution in [-0.2, 0) is 17.9 Å². The number of aromatic nitrogens is 2. The molecule has 3 N–H and O–H groups in total. The van der Waals surface area contributed by atoms with E-state index >= 15 is 0 Å². The van der Waals surface area contributed by atoms with E-state index in [9.17, 15) is 9.90 Å². The largest absolute Gasteiger partial charge is 0.495 e. The fourth-order valence-corrected chi connectivity index (χ4v) is 3.12. The number of anilines is 2. The van der Waals surface area contributed by atoms with Gasteiger partial charge in [-0.05, 0) is 37.6 Å². The number of carbonyl (C=O) groups is 1. The van der Waals surface area contributed by atoms with Crippen molar-refractivity contribution in [3.8, 4) is 5.75 Å². The monoisotopic (exact) mass is 384 g/mol. The van der Waals surface area contributed by atoms with Gasteiger partial charge in [-0.3, -0.25) is 9.72 Å². The summed E-state index contributed by atoms with van der Waals surface area (Å²) < 4.78 is 12.0. The maximum Gasteiger partial charge on any atom is 0.411 e. The molecule has 1 amide bonds. The van der Waals surface area contributed by atoms with Gasteiger partial charge in [0.15, 0.2) is 0 Å². The molecule has 0 bridgehead atoms. The molecule has 0 spiro atoms. The summed E-state index contributed by atoms with van der Waals surface area (Å²) in [5.41, 5.74) is 5.63.